The number of carbonyl (C=O) groups is 1. The number of aromatic nitrogens is 4. The second-order valence-electron chi connectivity index (χ2n) is 10.2. The molecule has 4 heterocycles. The maximum absolute atomic E-state index is 15.1. The van der Waals surface area contributed by atoms with Crippen LogP contribution in [0.3, 0.4) is 0 Å². The number of nitrogens with zero attached hydrogens (tertiary/aromatic N) is 5. The molecule has 0 amide bonds. The van der Waals surface area contributed by atoms with E-state index < -0.39 is 0 Å². The van der Waals surface area contributed by atoms with Gasteiger partial charge in [0.2, 0.25) is 0 Å². The van der Waals surface area contributed by atoms with Crippen LogP contribution in [0.4, 0.5) is 4.39 Å². The molecule has 7 nitrogen and oxygen atoms in total. The Labute approximate surface area is 217 Å². The Morgan fingerprint density at radius 2 is 1.97 bits per heavy atom. The summed E-state index contributed by atoms with van der Waals surface area (Å²) in [5, 5.41) is 4.38. The lowest BCUT2D eigenvalue weighted by atomic mass is 9.91. The van der Waals surface area contributed by atoms with Crippen LogP contribution in [-0.4, -0.2) is 62.8 Å². The highest BCUT2D eigenvalue weighted by Crippen LogP contribution is 2.30. The Hall–Kier alpha value is -3.23. The molecule has 3 aromatic rings. The van der Waals surface area contributed by atoms with Crippen LogP contribution in [0.2, 0.25) is 0 Å². The predicted molar refractivity (Wildman–Crippen MR) is 140 cm³/mol. The third kappa shape index (κ3) is 5.55. The van der Waals surface area contributed by atoms with Gasteiger partial charge in [-0.2, -0.15) is 5.10 Å². The lowest BCUT2D eigenvalue weighted by Crippen LogP contribution is -2.44. The summed E-state index contributed by atoms with van der Waals surface area (Å²) < 4.78 is 22.2. The van der Waals surface area contributed by atoms with Crippen LogP contribution in [0, 0.1) is 12.7 Å². The van der Waals surface area contributed by atoms with Gasteiger partial charge in [0, 0.05) is 37.9 Å². The summed E-state index contributed by atoms with van der Waals surface area (Å²) in [7, 11) is 0. The molecule has 0 spiro atoms. The molecule has 8 heteroatoms. The molecular weight excluding hydrogens is 469 g/mol. The normalized spacial score (nSPS) is 18.7. The average molecular weight is 504 g/mol. The van der Waals surface area contributed by atoms with E-state index in [0.717, 1.165) is 56.7 Å². The summed E-state index contributed by atoms with van der Waals surface area (Å²) >= 11 is 0. The molecule has 1 atom stereocenters. The molecule has 1 aliphatic carbocycles. The topological polar surface area (TPSA) is 73.1 Å². The summed E-state index contributed by atoms with van der Waals surface area (Å²) in [5.41, 5.74) is 4.26. The van der Waals surface area contributed by atoms with E-state index in [1.165, 1.54) is 6.07 Å². The van der Waals surface area contributed by atoms with Crippen molar-refractivity contribution < 1.29 is 13.9 Å². The summed E-state index contributed by atoms with van der Waals surface area (Å²) in [6.07, 6.45) is 9.90. The average Bonchev–Trinajstić information content (AvgIpc) is 3.31. The molecule has 194 valence electrons. The monoisotopic (exact) mass is 503 g/mol. The number of Topliss-reactive ketones (excluding diaryl/α,β-unsaturated/α-hetero) is 1. The molecule has 3 aromatic heterocycles. The minimum absolute atomic E-state index is 0.0641. The summed E-state index contributed by atoms with van der Waals surface area (Å²) in [5.74, 6) is 0.554. The molecular formula is C29H34FN5O2. The molecule has 0 N–H and O–H groups in total. The summed E-state index contributed by atoms with van der Waals surface area (Å²) in [4.78, 5) is 24.5. The van der Waals surface area contributed by atoms with Gasteiger partial charge < -0.3 is 4.74 Å². The highest BCUT2D eigenvalue weighted by Gasteiger charge is 2.25. The number of ether oxygens (including phenoxy) is 1. The third-order valence-electron chi connectivity index (χ3n) is 7.48. The molecule has 1 fully saturated rings. The van der Waals surface area contributed by atoms with E-state index in [1.807, 2.05) is 25.3 Å². The maximum Gasteiger partial charge on any atom is 0.170 e. The van der Waals surface area contributed by atoms with E-state index in [0.29, 0.717) is 40.3 Å². The Morgan fingerprint density at radius 3 is 2.62 bits per heavy atom. The minimum atomic E-state index is -0.372. The largest absolute Gasteiger partial charge is 0.379 e. The zero-order valence-corrected chi connectivity index (χ0v) is 21.8. The smallest absolute Gasteiger partial charge is 0.170 e. The minimum Gasteiger partial charge on any atom is -0.379 e. The first-order chi connectivity index (χ1) is 17.9. The van der Waals surface area contributed by atoms with Crippen molar-refractivity contribution in [2.75, 3.05) is 26.3 Å². The summed E-state index contributed by atoms with van der Waals surface area (Å²) in [6.45, 7) is 9.57. The highest BCUT2D eigenvalue weighted by molar-refractivity contribution is 5.98. The number of halogens is 1. The van der Waals surface area contributed by atoms with Gasteiger partial charge in [0.25, 0.3) is 0 Å². The fourth-order valence-corrected chi connectivity index (χ4v) is 5.18. The molecule has 0 radical (unpaired) electrons. The van der Waals surface area contributed by atoms with Gasteiger partial charge in [-0.05, 0) is 60.9 Å². The molecule has 1 unspecified atom stereocenters. The van der Waals surface area contributed by atoms with E-state index in [4.69, 9.17) is 4.74 Å². The van der Waals surface area contributed by atoms with Gasteiger partial charge in [-0.25, -0.2) is 14.1 Å². The van der Waals surface area contributed by atoms with Gasteiger partial charge in [-0.15, -0.1) is 0 Å². The van der Waals surface area contributed by atoms with Crippen molar-refractivity contribution in [1.82, 2.24) is 24.6 Å². The summed E-state index contributed by atoms with van der Waals surface area (Å²) in [6, 6.07) is 5.86. The van der Waals surface area contributed by atoms with Crippen LogP contribution in [0.5, 0.6) is 0 Å². The predicted octanol–water partition coefficient (Wildman–Crippen LogP) is 4.93. The maximum atomic E-state index is 15.1. The Balaban J connectivity index is 1.25. The number of allylic oxidation sites excluding steroid dienone is 1. The van der Waals surface area contributed by atoms with Gasteiger partial charge in [-0.3, -0.25) is 14.7 Å². The SMILES string of the molecule is Cc1c(C(=O)Cc2cnc(C3=CCC(N4CCOCC4)CC3)c(F)c2)cnn1-c1ccc(C(C)C)cn1. The van der Waals surface area contributed by atoms with Crippen molar-refractivity contribution in [3.05, 3.63) is 76.8 Å². The molecule has 2 aliphatic rings. The number of rotatable bonds is 7. The zero-order valence-electron chi connectivity index (χ0n) is 21.8. The van der Waals surface area contributed by atoms with E-state index >= 15 is 4.39 Å². The van der Waals surface area contributed by atoms with E-state index in [2.05, 4.69) is 39.9 Å². The fourth-order valence-electron chi connectivity index (χ4n) is 5.18. The number of hydrogen-bond donors (Lipinski definition) is 0. The van der Waals surface area contributed by atoms with Crippen LogP contribution < -0.4 is 0 Å². The molecule has 0 bridgehead atoms. The molecule has 0 aromatic carbocycles. The lowest BCUT2D eigenvalue weighted by Gasteiger charge is -2.36. The first kappa shape index (κ1) is 25.4. The Kier molecular flexibility index (Phi) is 7.58. The number of morpholine rings is 1. The van der Waals surface area contributed by atoms with E-state index in [9.17, 15) is 4.79 Å². The van der Waals surface area contributed by atoms with Gasteiger partial charge in [0.1, 0.15) is 11.5 Å². The van der Waals surface area contributed by atoms with E-state index in [-0.39, 0.29) is 18.0 Å². The Morgan fingerprint density at radius 1 is 1.16 bits per heavy atom. The first-order valence-corrected chi connectivity index (χ1v) is 13.1. The Bertz CT molecular complexity index is 1290. The highest BCUT2D eigenvalue weighted by atomic mass is 19.1. The second-order valence-corrected chi connectivity index (χ2v) is 10.2. The van der Waals surface area contributed by atoms with Gasteiger partial charge in [0.15, 0.2) is 11.6 Å². The van der Waals surface area contributed by atoms with Crippen molar-refractivity contribution >= 4 is 11.4 Å². The fraction of sp³-hybridized carbons (Fsp3) is 0.448. The van der Waals surface area contributed by atoms with E-state index in [1.54, 1.807) is 17.1 Å². The van der Waals surface area contributed by atoms with Gasteiger partial charge in [0.05, 0.1) is 30.7 Å². The van der Waals surface area contributed by atoms with Gasteiger partial charge >= 0.3 is 0 Å². The molecule has 37 heavy (non-hydrogen) atoms. The number of ketones is 1. The van der Waals surface area contributed by atoms with Crippen LogP contribution in [0.15, 0.2) is 42.9 Å². The molecule has 0 saturated carbocycles. The quantitative estimate of drug-likeness (QED) is 0.426. The number of hydrogen-bond acceptors (Lipinski definition) is 6. The van der Waals surface area contributed by atoms with Crippen molar-refractivity contribution in [3.63, 3.8) is 0 Å². The van der Waals surface area contributed by atoms with Crippen LogP contribution >= 0.6 is 0 Å². The van der Waals surface area contributed by atoms with Gasteiger partial charge in [-0.1, -0.05) is 26.0 Å². The third-order valence-corrected chi connectivity index (χ3v) is 7.48. The first-order valence-electron chi connectivity index (χ1n) is 13.1. The van der Waals surface area contributed by atoms with Crippen molar-refractivity contribution in [2.45, 2.75) is 58.4 Å². The molecule has 5 rings (SSSR count). The molecule has 1 aliphatic heterocycles. The van der Waals surface area contributed by atoms with Crippen LogP contribution in [0.1, 0.15) is 71.9 Å². The zero-order chi connectivity index (χ0) is 25.9. The number of pyridine rings is 2. The van der Waals surface area contributed by atoms with Crippen molar-refractivity contribution in [2.24, 2.45) is 0 Å². The lowest BCUT2D eigenvalue weighted by molar-refractivity contribution is 0.0150. The number of carbonyl (C=O) groups excluding carboxylic acids is 1. The molecule has 1 saturated heterocycles. The second kappa shape index (κ2) is 11.0. The van der Waals surface area contributed by atoms with Crippen molar-refractivity contribution in [3.8, 4) is 5.82 Å². The van der Waals surface area contributed by atoms with Crippen LogP contribution in [-0.2, 0) is 11.2 Å². The van der Waals surface area contributed by atoms with Crippen molar-refractivity contribution in [1.29, 1.82) is 0 Å². The standard InChI is InChI=1S/C29H34FN5O2/c1-19(2)23-6-9-28(31-17-23)35-20(3)25(18-33-35)27(36)15-21-14-26(30)29(32-16-21)22-4-7-24(8-5-22)34-10-12-37-13-11-34/h4,6,9,14,16-19,24H,5,7-8,10-13,15H2,1-3H3. The van der Waals surface area contributed by atoms with Crippen LogP contribution in [0.25, 0.3) is 11.4 Å².